The van der Waals surface area contributed by atoms with Crippen molar-refractivity contribution in [3.05, 3.63) is 80.4 Å². The lowest BCUT2D eigenvalue weighted by Crippen LogP contribution is -2.23. The number of nitrogens with zero attached hydrogens (tertiary/aromatic N) is 4. The Labute approximate surface area is 220 Å². The van der Waals surface area contributed by atoms with Crippen molar-refractivity contribution < 1.29 is 4.79 Å². The van der Waals surface area contributed by atoms with Crippen LogP contribution in [0, 0.1) is 5.92 Å². The van der Waals surface area contributed by atoms with Crippen LogP contribution in [0.4, 0.5) is 5.69 Å². The van der Waals surface area contributed by atoms with E-state index in [9.17, 15) is 9.59 Å². The van der Waals surface area contributed by atoms with Crippen LogP contribution < -0.4 is 10.9 Å². The van der Waals surface area contributed by atoms with E-state index >= 15 is 0 Å². The van der Waals surface area contributed by atoms with E-state index in [-0.39, 0.29) is 17.2 Å². The molecular formula is C26H22ClN5O2S2. The average molecular weight is 536 g/mol. The number of nitrogens with one attached hydrogen (secondary N) is 1. The molecule has 0 radical (unpaired) electrons. The number of fused-ring (bicyclic) bond motifs is 5. The summed E-state index contributed by atoms with van der Waals surface area (Å²) in [5.41, 5.74) is 2.45. The zero-order chi connectivity index (χ0) is 24.8. The highest BCUT2D eigenvalue weighted by molar-refractivity contribution is 7.99. The molecule has 0 saturated heterocycles. The van der Waals surface area contributed by atoms with E-state index in [1.807, 2.05) is 46.9 Å². The first-order valence-corrected chi connectivity index (χ1v) is 13.9. The van der Waals surface area contributed by atoms with Gasteiger partial charge in [-0.25, -0.2) is 8.97 Å². The third-order valence-corrected chi connectivity index (χ3v) is 8.86. The van der Waals surface area contributed by atoms with Crippen LogP contribution in [-0.2, 0) is 17.6 Å². The molecule has 10 heteroatoms. The van der Waals surface area contributed by atoms with Gasteiger partial charge in [-0.3, -0.25) is 9.59 Å². The lowest BCUT2D eigenvalue weighted by Gasteiger charge is -2.18. The second-order valence-corrected chi connectivity index (χ2v) is 11.4. The maximum Gasteiger partial charge on any atom is 0.268 e. The van der Waals surface area contributed by atoms with Crippen molar-refractivity contribution in [2.24, 2.45) is 5.92 Å². The Kier molecular flexibility index (Phi) is 6.07. The molecule has 7 nitrogen and oxygen atoms in total. The van der Waals surface area contributed by atoms with E-state index in [2.05, 4.69) is 22.4 Å². The van der Waals surface area contributed by atoms with Crippen LogP contribution in [-0.4, -0.2) is 30.8 Å². The van der Waals surface area contributed by atoms with Gasteiger partial charge in [-0.15, -0.1) is 21.5 Å². The topological polar surface area (TPSA) is 81.3 Å². The quantitative estimate of drug-likeness (QED) is 0.296. The maximum atomic E-state index is 13.9. The first-order valence-electron chi connectivity index (χ1n) is 11.7. The lowest BCUT2D eigenvalue weighted by molar-refractivity contribution is -0.113. The molecule has 3 heterocycles. The molecule has 0 spiro atoms. The summed E-state index contributed by atoms with van der Waals surface area (Å²) < 4.78 is 3.53. The fraction of sp³-hybridized carbons (Fsp3) is 0.231. The molecule has 1 N–H and O–H groups in total. The van der Waals surface area contributed by atoms with Gasteiger partial charge in [0.15, 0.2) is 5.16 Å². The van der Waals surface area contributed by atoms with E-state index in [0.29, 0.717) is 27.6 Å². The summed E-state index contributed by atoms with van der Waals surface area (Å²) in [6, 6.07) is 16.5. The molecule has 3 aromatic heterocycles. The number of carbonyl (C=O) groups is 1. The Morgan fingerprint density at radius 3 is 2.72 bits per heavy atom. The normalized spacial score (nSPS) is 15.3. The number of hydrogen-bond donors (Lipinski definition) is 1. The highest BCUT2D eigenvalue weighted by atomic mass is 35.5. The first-order chi connectivity index (χ1) is 17.5. The Hall–Kier alpha value is -3.14. The summed E-state index contributed by atoms with van der Waals surface area (Å²) in [6.45, 7) is 2.23. The number of anilines is 1. The van der Waals surface area contributed by atoms with Crippen LogP contribution in [0.5, 0.6) is 0 Å². The van der Waals surface area contributed by atoms with Crippen molar-refractivity contribution in [1.29, 1.82) is 0 Å². The summed E-state index contributed by atoms with van der Waals surface area (Å²) in [6.07, 6.45) is 2.94. The summed E-state index contributed by atoms with van der Waals surface area (Å²) in [5.74, 6) is 0.974. The number of halogens is 1. The van der Waals surface area contributed by atoms with Gasteiger partial charge in [0.2, 0.25) is 11.7 Å². The zero-order valence-corrected chi connectivity index (χ0v) is 21.8. The molecule has 2 aromatic carbocycles. The van der Waals surface area contributed by atoms with Crippen molar-refractivity contribution in [1.82, 2.24) is 19.2 Å². The number of carbonyl (C=O) groups excluding carboxylic acids is 1. The lowest BCUT2D eigenvalue weighted by atomic mass is 9.89. The third kappa shape index (κ3) is 4.11. The second kappa shape index (κ2) is 9.38. The van der Waals surface area contributed by atoms with Gasteiger partial charge in [0.1, 0.15) is 4.83 Å². The molecule has 1 unspecified atom stereocenters. The van der Waals surface area contributed by atoms with Crippen LogP contribution in [0.15, 0.2) is 64.5 Å². The molecule has 0 fully saturated rings. The van der Waals surface area contributed by atoms with Gasteiger partial charge < -0.3 is 5.32 Å². The third-order valence-electron chi connectivity index (χ3n) is 6.40. The molecular weight excluding hydrogens is 514 g/mol. The fourth-order valence-electron chi connectivity index (χ4n) is 4.67. The smallest absolute Gasteiger partial charge is 0.268 e. The SMILES string of the molecule is CC1CCc2sc3c(c2C1)c(=O)n(-c1ccc(Cl)cc1)c1nnc(SCC(=O)Nc2ccccc2)n31. The minimum absolute atomic E-state index is 0.0998. The van der Waals surface area contributed by atoms with Crippen LogP contribution in [0.3, 0.4) is 0 Å². The fourth-order valence-corrected chi connectivity index (χ4v) is 6.92. The van der Waals surface area contributed by atoms with Gasteiger partial charge in [0.25, 0.3) is 5.56 Å². The van der Waals surface area contributed by atoms with Gasteiger partial charge >= 0.3 is 0 Å². The molecule has 5 aromatic rings. The average Bonchev–Trinajstić information content (AvgIpc) is 3.46. The molecule has 0 saturated carbocycles. The van der Waals surface area contributed by atoms with Crippen molar-refractivity contribution in [3.63, 3.8) is 0 Å². The number of aromatic nitrogens is 4. The summed E-state index contributed by atoms with van der Waals surface area (Å²) in [4.78, 5) is 28.6. The van der Waals surface area contributed by atoms with Gasteiger partial charge in [0.05, 0.1) is 16.8 Å². The number of benzene rings is 2. The molecule has 6 rings (SSSR count). The van der Waals surface area contributed by atoms with E-state index in [4.69, 9.17) is 11.6 Å². The van der Waals surface area contributed by atoms with Crippen molar-refractivity contribution >= 4 is 62.3 Å². The summed E-state index contributed by atoms with van der Waals surface area (Å²) in [7, 11) is 0. The molecule has 182 valence electrons. The Morgan fingerprint density at radius 2 is 1.94 bits per heavy atom. The number of amides is 1. The molecule has 36 heavy (non-hydrogen) atoms. The standard InChI is InChI=1S/C26H22ClN5O2S2/c1-15-7-12-20-19(13-15)22-23(34)31(18-10-8-16(27)9-11-18)25-29-30-26(32(25)24(22)36-20)35-14-21(33)28-17-5-3-2-4-6-17/h2-6,8-11,15H,7,12-14H2,1H3,(H,28,33). The zero-order valence-electron chi connectivity index (χ0n) is 19.4. The molecule has 0 aliphatic heterocycles. The van der Waals surface area contributed by atoms with Crippen molar-refractivity contribution in [3.8, 4) is 5.69 Å². The van der Waals surface area contributed by atoms with Gasteiger partial charge in [-0.1, -0.05) is 48.5 Å². The Balaban J connectivity index is 1.48. The number of hydrogen-bond acceptors (Lipinski definition) is 6. The van der Waals surface area contributed by atoms with Crippen LogP contribution in [0.1, 0.15) is 23.8 Å². The predicted molar refractivity (Wildman–Crippen MR) is 146 cm³/mol. The summed E-state index contributed by atoms with van der Waals surface area (Å²) in [5, 5.41) is 13.6. The van der Waals surface area contributed by atoms with Crippen LogP contribution in [0.25, 0.3) is 21.7 Å². The Bertz CT molecular complexity index is 1660. The maximum absolute atomic E-state index is 13.9. The number of para-hydroxylation sites is 1. The van der Waals surface area contributed by atoms with E-state index in [1.54, 1.807) is 28.0 Å². The number of thioether (sulfide) groups is 1. The van der Waals surface area contributed by atoms with E-state index in [1.165, 1.54) is 16.6 Å². The highest BCUT2D eigenvalue weighted by Crippen LogP contribution is 2.38. The number of rotatable bonds is 5. The molecule has 1 amide bonds. The van der Waals surface area contributed by atoms with E-state index < -0.39 is 0 Å². The van der Waals surface area contributed by atoms with Crippen molar-refractivity contribution in [2.45, 2.75) is 31.3 Å². The van der Waals surface area contributed by atoms with Crippen LogP contribution in [0.2, 0.25) is 5.02 Å². The van der Waals surface area contributed by atoms with Gasteiger partial charge in [0, 0.05) is 15.6 Å². The minimum Gasteiger partial charge on any atom is -0.325 e. The van der Waals surface area contributed by atoms with Gasteiger partial charge in [-0.2, -0.15) is 0 Å². The first kappa shape index (κ1) is 23.3. The predicted octanol–water partition coefficient (Wildman–Crippen LogP) is 5.60. The van der Waals surface area contributed by atoms with Crippen LogP contribution >= 0.6 is 34.7 Å². The monoisotopic (exact) mass is 535 g/mol. The van der Waals surface area contributed by atoms with E-state index in [0.717, 1.165) is 40.7 Å². The molecule has 0 bridgehead atoms. The summed E-state index contributed by atoms with van der Waals surface area (Å²) >= 11 is 9.07. The minimum atomic E-state index is -0.135. The largest absolute Gasteiger partial charge is 0.325 e. The number of aryl methyl sites for hydroxylation is 1. The number of thiophene rings is 1. The molecule has 1 aliphatic carbocycles. The molecule has 1 aliphatic rings. The van der Waals surface area contributed by atoms with Gasteiger partial charge in [-0.05, 0) is 67.1 Å². The Morgan fingerprint density at radius 1 is 1.17 bits per heavy atom. The highest BCUT2D eigenvalue weighted by Gasteiger charge is 2.27. The second-order valence-electron chi connectivity index (χ2n) is 8.97. The molecule has 1 atom stereocenters. The van der Waals surface area contributed by atoms with Crippen molar-refractivity contribution in [2.75, 3.05) is 11.1 Å².